The minimum Gasteiger partial charge on any atom is -0.505 e. The molecule has 0 bridgehead atoms. The third-order valence-corrected chi connectivity index (χ3v) is 2.69. The van der Waals surface area contributed by atoms with E-state index in [2.05, 4.69) is 4.74 Å². The molecule has 0 radical (unpaired) electrons. The van der Waals surface area contributed by atoms with Crippen LogP contribution in [0.3, 0.4) is 0 Å². The Kier molecular flexibility index (Phi) is 2.34. The molecule has 0 amide bonds. The molecule has 1 N–H and O–H groups in total. The zero-order chi connectivity index (χ0) is 11.0. The van der Waals surface area contributed by atoms with E-state index in [4.69, 9.17) is 5.11 Å². The van der Waals surface area contributed by atoms with Gasteiger partial charge in [0, 0.05) is 0 Å². The normalized spacial score (nSPS) is 23.6. The SMILES string of the molecule is COC(=O)C1CC1c1ccc(O)c(F)c1. The van der Waals surface area contributed by atoms with Gasteiger partial charge in [-0.1, -0.05) is 6.07 Å². The van der Waals surface area contributed by atoms with E-state index in [9.17, 15) is 9.18 Å². The molecule has 0 spiro atoms. The standard InChI is InChI=1S/C11H11FO3/c1-15-11(14)8-5-7(8)6-2-3-10(13)9(12)4-6/h2-4,7-8,13H,5H2,1H3. The second-order valence-corrected chi connectivity index (χ2v) is 3.68. The molecule has 1 aliphatic rings. The average molecular weight is 210 g/mol. The summed E-state index contributed by atoms with van der Waals surface area (Å²) in [5.74, 6) is -1.39. The molecule has 80 valence electrons. The number of rotatable bonds is 2. The lowest BCUT2D eigenvalue weighted by molar-refractivity contribution is -0.142. The van der Waals surface area contributed by atoms with Crippen molar-refractivity contribution in [3.8, 4) is 5.75 Å². The molecule has 0 saturated heterocycles. The van der Waals surface area contributed by atoms with Gasteiger partial charge in [-0.25, -0.2) is 4.39 Å². The fourth-order valence-electron chi connectivity index (χ4n) is 1.73. The predicted octanol–water partition coefficient (Wildman–Crippen LogP) is 1.81. The summed E-state index contributed by atoms with van der Waals surface area (Å²) in [6, 6.07) is 4.20. The molecule has 2 atom stereocenters. The zero-order valence-corrected chi connectivity index (χ0v) is 8.24. The van der Waals surface area contributed by atoms with Gasteiger partial charge in [0.2, 0.25) is 0 Å². The molecular weight excluding hydrogens is 199 g/mol. The van der Waals surface area contributed by atoms with Crippen LogP contribution in [0.1, 0.15) is 17.9 Å². The number of phenolic OH excluding ortho intramolecular Hbond substituents is 1. The Morgan fingerprint density at radius 2 is 2.33 bits per heavy atom. The summed E-state index contributed by atoms with van der Waals surface area (Å²) in [6.45, 7) is 0. The average Bonchev–Trinajstić information content (AvgIpc) is 3.01. The highest BCUT2D eigenvalue weighted by molar-refractivity contribution is 5.77. The fraction of sp³-hybridized carbons (Fsp3) is 0.364. The number of benzene rings is 1. The lowest BCUT2D eigenvalue weighted by Gasteiger charge is -2.01. The fourth-order valence-corrected chi connectivity index (χ4v) is 1.73. The van der Waals surface area contributed by atoms with Crippen LogP contribution in [0.4, 0.5) is 4.39 Å². The molecule has 2 rings (SSSR count). The number of halogens is 1. The monoisotopic (exact) mass is 210 g/mol. The van der Waals surface area contributed by atoms with Crippen LogP contribution in [0.15, 0.2) is 18.2 Å². The van der Waals surface area contributed by atoms with E-state index < -0.39 is 5.82 Å². The highest BCUT2D eigenvalue weighted by Gasteiger charge is 2.45. The number of methoxy groups -OCH3 is 1. The second-order valence-electron chi connectivity index (χ2n) is 3.68. The largest absolute Gasteiger partial charge is 0.505 e. The molecule has 4 heteroatoms. The number of esters is 1. The predicted molar refractivity (Wildman–Crippen MR) is 50.9 cm³/mol. The highest BCUT2D eigenvalue weighted by atomic mass is 19.1. The van der Waals surface area contributed by atoms with Crippen LogP contribution < -0.4 is 0 Å². The van der Waals surface area contributed by atoms with Crippen molar-refractivity contribution < 1.29 is 19.0 Å². The zero-order valence-electron chi connectivity index (χ0n) is 8.24. The van der Waals surface area contributed by atoms with Crippen LogP contribution in [0, 0.1) is 11.7 Å². The number of carbonyl (C=O) groups excluding carboxylic acids is 1. The Morgan fingerprint density at radius 1 is 1.60 bits per heavy atom. The molecule has 15 heavy (non-hydrogen) atoms. The van der Waals surface area contributed by atoms with Crippen LogP contribution >= 0.6 is 0 Å². The summed E-state index contributed by atoms with van der Waals surface area (Å²) in [7, 11) is 1.34. The third-order valence-electron chi connectivity index (χ3n) is 2.69. The quantitative estimate of drug-likeness (QED) is 0.757. The summed E-state index contributed by atoms with van der Waals surface area (Å²) < 4.78 is 17.6. The van der Waals surface area contributed by atoms with Gasteiger partial charge < -0.3 is 9.84 Å². The topological polar surface area (TPSA) is 46.5 Å². The van der Waals surface area contributed by atoms with Crippen molar-refractivity contribution in [1.82, 2.24) is 0 Å². The van der Waals surface area contributed by atoms with Crippen molar-refractivity contribution in [2.45, 2.75) is 12.3 Å². The van der Waals surface area contributed by atoms with Gasteiger partial charge in [0.05, 0.1) is 13.0 Å². The van der Waals surface area contributed by atoms with E-state index in [0.717, 1.165) is 5.56 Å². The van der Waals surface area contributed by atoms with Gasteiger partial charge in [0.15, 0.2) is 11.6 Å². The van der Waals surface area contributed by atoms with Gasteiger partial charge >= 0.3 is 5.97 Å². The molecule has 1 aromatic carbocycles. The van der Waals surface area contributed by atoms with Gasteiger partial charge in [-0.3, -0.25) is 4.79 Å². The van der Waals surface area contributed by atoms with Crippen LogP contribution in [0.25, 0.3) is 0 Å². The molecule has 3 nitrogen and oxygen atoms in total. The molecule has 1 fully saturated rings. The first kappa shape index (κ1) is 9.96. The minimum atomic E-state index is -0.650. The highest BCUT2D eigenvalue weighted by Crippen LogP contribution is 2.48. The molecular formula is C11H11FO3. The number of hydrogen-bond acceptors (Lipinski definition) is 3. The first-order valence-electron chi connectivity index (χ1n) is 4.69. The van der Waals surface area contributed by atoms with E-state index in [1.165, 1.54) is 19.2 Å². The lowest BCUT2D eigenvalue weighted by Crippen LogP contribution is -2.03. The minimum absolute atomic E-state index is 0.0348. The van der Waals surface area contributed by atoms with Crippen LogP contribution in [-0.2, 0) is 9.53 Å². The van der Waals surface area contributed by atoms with Crippen LogP contribution in [0.5, 0.6) is 5.75 Å². The van der Waals surface area contributed by atoms with Crippen LogP contribution in [0.2, 0.25) is 0 Å². The summed E-state index contributed by atoms with van der Waals surface area (Å²) >= 11 is 0. The van der Waals surface area contributed by atoms with Crippen LogP contribution in [-0.4, -0.2) is 18.2 Å². The van der Waals surface area contributed by atoms with Gasteiger partial charge in [-0.05, 0) is 30.0 Å². The molecule has 0 aliphatic heterocycles. The second kappa shape index (κ2) is 3.53. The van der Waals surface area contributed by atoms with Gasteiger partial charge in [0.25, 0.3) is 0 Å². The van der Waals surface area contributed by atoms with Gasteiger partial charge in [-0.2, -0.15) is 0 Å². The molecule has 1 aliphatic carbocycles. The van der Waals surface area contributed by atoms with Crippen molar-refractivity contribution in [1.29, 1.82) is 0 Å². The van der Waals surface area contributed by atoms with E-state index in [1.807, 2.05) is 0 Å². The van der Waals surface area contributed by atoms with Gasteiger partial charge in [0.1, 0.15) is 0 Å². The maximum Gasteiger partial charge on any atom is 0.309 e. The van der Waals surface area contributed by atoms with Crippen molar-refractivity contribution in [3.05, 3.63) is 29.6 Å². The molecule has 0 aromatic heterocycles. The number of hydrogen-bond donors (Lipinski definition) is 1. The third kappa shape index (κ3) is 1.79. The summed E-state index contributed by atoms with van der Waals surface area (Å²) in [5, 5.41) is 9.00. The number of aromatic hydroxyl groups is 1. The van der Waals surface area contributed by atoms with Crippen molar-refractivity contribution in [2.75, 3.05) is 7.11 Å². The summed E-state index contributed by atoms with van der Waals surface area (Å²) in [5.41, 5.74) is 0.737. The number of carbonyl (C=O) groups is 1. The maximum atomic E-state index is 13.0. The van der Waals surface area contributed by atoms with E-state index in [-0.39, 0.29) is 23.6 Å². The van der Waals surface area contributed by atoms with Crippen molar-refractivity contribution in [3.63, 3.8) is 0 Å². The lowest BCUT2D eigenvalue weighted by atomic mass is 10.1. The van der Waals surface area contributed by atoms with E-state index >= 15 is 0 Å². The Balaban J connectivity index is 2.13. The number of phenols is 1. The molecule has 1 aromatic rings. The Hall–Kier alpha value is -1.58. The first-order chi connectivity index (χ1) is 7.13. The van der Waals surface area contributed by atoms with E-state index in [1.54, 1.807) is 6.07 Å². The molecule has 1 saturated carbocycles. The Bertz CT molecular complexity index is 403. The Morgan fingerprint density at radius 3 is 2.93 bits per heavy atom. The first-order valence-corrected chi connectivity index (χ1v) is 4.69. The van der Waals surface area contributed by atoms with Crippen molar-refractivity contribution >= 4 is 5.97 Å². The van der Waals surface area contributed by atoms with E-state index in [0.29, 0.717) is 6.42 Å². The van der Waals surface area contributed by atoms with Crippen molar-refractivity contribution in [2.24, 2.45) is 5.92 Å². The smallest absolute Gasteiger partial charge is 0.309 e. The number of ether oxygens (including phenoxy) is 1. The Labute approximate surface area is 86.5 Å². The molecule has 2 unspecified atom stereocenters. The maximum absolute atomic E-state index is 13.0. The summed E-state index contributed by atoms with van der Waals surface area (Å²) in [6.07, 6.45) is 0.691. The summed E-state index contributed by atoms with van der Waals surface area (Å²) in [4.78, 5) is 11.1. The molecule has 0 heterocycles. The van der Waals surface area contributed by atoms with Gasteiger partial charge in [-0.15, -0.1) is 0 Å².